The van der Waals surface area contributed by atoms with Crippen LogP contribution in [0.25, 0.3) is 0 Å². The minimum absolute atomic E-state index is 0.494. The van der Waals surface area contributed by atoms with E-state index in [4.69, 9.17) is 11.6 Å². The zero-order chi connectivity index (χ0) is 12.3. The number of halogens is 1. The van der Waals surface area contributed by atoms with E-state index in [0.717, 1.165) is 22.2 Å². The van der Waals surface area contributed by atoms with Crippen LogP contribution < -0.4 is 0 Å². The first-order chi connectivity index (χ1) is 8.16. The van der Waals surface area contributed by atoms with Gasteiger partial charge in [-0.25, -0.2) is 9.97 Å². The van der Waals surface area contributed by atoms with E-state index in [1.165, 1.54) is 5.56 Å². The van der Waals surface area contributed by atoms with Gasteiger partial charge >= 0.3 is 0 Å². The maximum absolute atomic E-state index is 6.07. The highest BCUT2D eigenvalue weighted by atomic mass is 35.5. The number of hydrogen-bond donors (Lipinski definition) is 0. The van der Waals surface area contributed by atoms with Crippen LogP contribution in [0.4, 0.5) is 0 Å². The second-order valence-electron chi connectivity index (χ2n) is 3.76. The second kappa shape index (κ2) is 5.52. The fraction of sp³-hybridized carbons (Fsp3) is 0.231. The molecule has 0 bridgehead atoms. The monoisotopic (exact) mass is 264 g/mol. The lowest BCUT2D eigenvalue weighted by atomic mass is 10.2. The molecule has 2 aromatic rings. The molecule has 0 spiro atoms. The summed E-state index contributed by atoms with van der Waals surface area (Å²) in [5, 5.41) is 1.30. The number of thioether (sulfide) groups is 1. The van der Waals surface area contributed by atoms with E-state index in [0.29, 0.717) is 5.15 Å². The summed E-state index contributed by atoms with van der Waals surface area (Å²) in [7, 11) is 0. The van der Waals surface area contributed by atoms with Crippen LogP contribution in [0.15, 0.2) is 35.4 Å². The Kier molecular flexibility index (Phi) is 4.02. The molecule has 1 aromatic heterocycles. The van der Waals surface area contributed by atoms with E-state index in [9.17, 15) is 0 Å². The molecular weight excluding hydrogens is 252 g/mol. The molecule has 0 atom stereocenters. The van der Waals surface area contributed by atoms with Crippen LogP contribution in [0, 0.1) is 13.8 Å². The smallest absolute Gasteiger partial charge is 0.161 e. The Labute approximate surface area is 110 Å². The number of aryl methyl sites for hydroxylation is 2. The van der Waals surface area contributed by atoms with E-state index in [1.807, 2.05) is 32.0 Å². The van der Waals surface area contributed by atoms with Gasteiger partial charge in [0.25, 0.3) is 0 Å². The molecule has 2 nitrogen and oxygen atoms in total. The van der Waals surface area contributed by atoms with Gasteiger partial charge in [-0.3, -0.25) is 0 Å². The van der Waals surface area contributed by atoms with Crippen molar-refractivity contribution in [3.8, 4) is 0 Å². The van der Waals surface area contributed by atoms with Gasteiger partial charge in [0.2, 0.25) is 0 Å². The molecule has 0 saturated heterocycles. The first kappa shape index (κ1) is 12.4. The predicted molar refractivity (Wildman–Crippen MR) is 72.5 cm³/mol. The Balaban J connectivity index is 2.12. The second-order valence-corrected chi connectivity index (χ2v) is 5.09. The van der Waals surface area contributed by atoms with Gasteiger partial charge in [0.1, 0.15) is 5.03 Å². The Morgan fingerprint density at radius 1 is 1.06 bits per heavy atom. The molecule has 4 heteroatoms. The summed E-state index contributed by atoms with van der Waals surface area (Å²) < 4.78 is 0. The Morgan fingerprint density at radius 3 is 2.41 bits per heavy atom. The summed E-state index contributed by atoms with van der Waals surface area (Å²) in [6, 6.07) is 10.3. The molecule has 0 unspecified atom stereocenters. The maximum atomic E-state index is 6.07. The zero-order valence-electron chi connectivity index (χ0n) is 9.77. The van der Waals surface area contributed by atoms with E-state index < -0.39 is 0 Å². The van der Waals surface area contributed by atoms with E-state index >= 15 is 0 Å². The molecule has 88 valence electrons. The van der Waals surface area contributed by atoms with Crippen LogP contribution in [0.5, 0.6) is 0 Å². The van der Waals surface area contributed by atoms with Crippen molar-refractivity contribution < 1.29 is 0 Å². The van der Waals surface area contributed by atoms with Gasteiger partial charge in [-0.1, -0.05) is 53.7 Å². The number of aromatic nitrogens is 2. The topological polar surface area (TPSA) is 25.8 Å². The summed E-state index contributed by atoms with van der Waals surface area (Å²) in [4.78, 5) is 8.72. The van der Waals surface area contributed by atoms with Crippen molar-refractivity contribution in [1.82, 2.24) is 9.97 Å². The lowest BCUT2D eigenvalue weighted by Crippen LogP contribution is -1.95. The molecule has 1 aromatic carbocycles. The summed E-state index contributed by atoms with van der Waals surface area (Å²) in [5.74, 6) is 0.859. The van der Waals surface area contributed by atoms with Crippen LogP contribution in [0.2, 0.25) is 5.15 Å². The van der Waals surface area contributed by atoms with Gasteiger partial charge in [-0.2, -0.15) is 0 Å². The SMILES string of the molecule is Cc1nc(Cl)c(SCc2ccccc2)nc1C. The molecule has 0 aliphatic carbocycles. The Bertz CT molecular complexity index is 514. The predicted octanol–water partition coefficient (Wildman–Crippen LogP) is 4.04. The van der Waals surface area contributed by atoms with Crippen molar-refractivity contribution in [2.75, 3.05) is 0 Å². The normalized spacial score (nSPS) is 10.5. The van der Waals surface area contributed by atoms with Crippen molar-refractivity contribution in [2.45, 2.75) is 24.6 Å². The molecule has 0 aliphatic heterocycles. The van der Waals surface area contributed by atoms with Crippen molar-refractivity contribution in [3.63, 3.8) is 0 Å². The van der Waals surface area contributed by atoms with Gasteiger partial charge in [0.15, 0.2) is 5.15 Å². The molecular formula is C13H13ClN2S. The summed E-state index contributed by atoms with van der Waals surface area (Å²) in [6.07, 6.45) is 0. The van der Waals surface area contributed by atoms with Crippen molar-refractivity contribution in [3.05, 3.63) is 52.4 Å². The quantitative estimate of drug-likeness (QED) is 0.783. The van der Waals surface area contributed by atoms with E-state index in [1.54, 1.807) is 11.8 Å². The Hall–Kier alpha value is -1.06. The lowest BCUT2D eigenvalue weighted by molar-refractivity contribution is 0.957. The van der Waals surface area contributed by atoms with Gasteiger partial charge in [-0.05, 0) is 19.4 Å². The fourth-order valence-corrected chi connectivity index (χ4v) is 2.57. The van der Waals surface area contributed by atoms with Gasteiger partial charge in [0, 0.05) is 5.75 Å². The average molecular weight is 265 g/mol. The van der Waals surface area contributed by atoms with Crippen LogP contribution in [-0.4, -0.2) is 9.97 Å². The van der Waals surface area contributed by atoms with E-state index in [-0.39, 0.29) is 0 Å². The average Bonchev–Trinajstić information content (AvgIpc) is 2.33. The van der Waals surface area contributed by atoms with Gasteiger partial charge < -0.3 is 0 Å². The number of hydrogen-bond acceptors (Lipinski definition) is 3. The molecule has 0 N–H and O–H groups in total. The van der Waals surface area contributed by atoms with Crippen LogP contribution in [0.1, 0.15) is 17.0 Å². The molecule has 0 aliphatic rings. The molecule has 17 heavy (non-hydrogen) atoms. The third-order valence-electron chi connectivity index (χ3n) is 2.45. The minimum atomic E-state index is 0.494. The highest BCUT2D eigenvalue weighted by molar-refractivity contribution is 7.98. The first-order valence-electron chi connectivity index (χ1n) is 5.34. The minimum Gasteiger partial charge on any atom is -0.242 e. The van der Waals surface area contributed by atoms with Crippen LogP contribution in [-0.2, 0) is 5.75 Å². The van der Waals surface area contributed by atoms with Crippen molar-refractivity contribution in [2.24, 2.45) is 0 Å². The number of benzene rings is 1. The van der Waals surface area contributed by atoms with Gasteiger partial charge in [-0.15, -0.1) is 0 Å². The van der Waals surface area contributed by atoms with Crippen molar-refractivity contribution in [1.29, 1.82) is 0 Å². The standard InChI is InChI=1S/C13H13ClN2S/c1-9-10(2)16-13(12(14)15-9)17-8-11-6-4-3-5-7-11/h3-7H,8H2,1-2H3. The molecule has 2 rings (SSSR count). The fourth-order valence-electron chi connectivity index (χ4n) is 1.37. The molecule has 1 heterocycles. The molecule has 0 radical (unpaired) electrons. The third-order valence-corrected chi connectivity index (χ3v) is 3.86. The summed E-state index contributed by atoms with van der Waals surface area (Å²) in [5.41, 5.74) is 3.08. The number of nitrogens with zero attached hydrogens (tertiary/aromatic N) is 2. The maximum Gasteiger partial charge on any atom is 0.161 e. The highest BCUT2D eigenvalue weighted by Gasteiger charge is 2.07. The summed E-state index contributed by atoms with van der Waals surface area (Å²) in [6.45, 7) is 3.87. The largest absolute Gasteiger partial charge is 0.242 e. The Morgan fingerprint density at radius 2 is 1.71 bits per heavy atom. The van der Waals surface area contributed by atoms with Crippen molar-refractivity contribution >= 4 is 23.4 Å². The zero-order valence-corrected chi connectivity index (χ0v) is 11.3. The summed E-state index contributed by atoms with van der Waals surface area (Å²) >= 11 is 7.69. The number of rotatable bonds is 3. The first-order valence-corrected chi connectivity index (χ1v) is 6.70. The highest BCUT2D eigenvalue weighted by Crippen LogP contribution is 2.27. The third kappa shape index (κ3) is 3.20. The van der Waals surface area contributed by atoms with E-state index in [2.05, 4.69) is 22.1 Å². The van der Waals surface area contributed by atoms with Crippen LogP contribution >= 0.6 is 23.4 Å². The van der Waals surface area contributed by atoms with Gasteiger partial charge in [0.05, 0.1) is 11.4 Å². The van der Waals surface area contributed by atoms with Crippen LogP contribution in [0.3, 0.4) is 0 Å². The lowest BCUT2D eigenvalue weighted by Gasteiger charge is -2.06. The molecule has 0 fully saturated rings. The molecule has 0 amide bonds. The molecule has 0 saturated carbocycles.